The van der Waals surface area contributed by atoms with E-state index in [4.69, 9.17) is 9.47 Å². The average molecular weight is 477 g/mol. The molecule has 1 N–H and O–H groups in total. The summed E-state index contributed by atoms with van der Waals surface area (Å²) in [6, 6.07) is 10.5. The molecular formula is C23H26F2N4O3S. The lowest BCUT2D eigenvalue weighted by molar-refractivity contribution is -0.113. The molecule has 0 aliphatic carbocycles. The lowest BCUT2D eigenvalue weighted by atomic mass is 10.2. The molecule has 1 heterocycles. The van der Waals surface area contributed by atoms with Crippen molar-refractivity contribution in [3.05, 3.63) is 59.9 Å². The van der Waals surface area contributed by atoms with Gasteiger partial charge in [-0.25, -0.2) is 8.78 Å². The Hall–Kier alpha value is -3.14. The van der Waals surface area contributed by atoms with Crippen LogP contribution >= 0.6 is 11.8 Å². The van der Waals surface area contributed by atoms with Gasteiger partial charge >= 0.3 is 0 Å². The summed E-state index contributed by atoms with van der Waals surface area (Å²) in [6.45, 7) is 6.66. The largest absolute Gasteiger partial charge is 0.497 e. The van der Waals surface area contributed by atoms with Crippen molar-refractivity contribution in [3.8, 4) is 11.5 Å². The standard InChI is InChI=1S/C23H26F2N4O3S/c1-14(2)12-29-22(15(3)32-18-7-5-6-17(11-18)31-4)27-28-23(29)33-13-21(30)26-16-8-9-19(24)20(25)10-16/h5-11,14-15H,12-13H2,1-4H3,(H,26,30). The van der Waals surface area contributed by atoms with Gasteiger partial charge in [0.15, 0.2) is 28.7 Å². The van der Waals surface area contributed by atoms with E-state index >= 15 is 0 Å². The highest BCUT2D eigenvalue weighted by molar-refractivity contribution is 7.99. The molecule has 33 heavy (non-hydrogen) atoms. The summed E-state index contributed by atoms with van der Waals surface area (Å²) in [5.41, 5.74) is 0.184. The second-order valence-corrected chi connectivity index (χ2v) is 8.69. The quantitative estimate of drug-likeness (QED) is 0.411. The number of hydrogen-bond donors (Lipinski definition) is 1. The molecule has 1 unspecified atom stereocenters. The molecule has 0 fully saturated rings. The molecule has 0 bridgehead atoms. The summed E-state index contributed by atoms with van der Waals surface area (Å²) in [6.07, 6.45) is -0.395. The van der Waals surface area contributed by atoms with E-state index in [2.05, 4.69) is 29.4 Å². The van der Waals surface area contributed by atoms with Crippen molar-refractivity contribution in [3.63, 3.8) is 0 Å². The number of aromatic nitrogens is 3. The van der Waals surface area contributed by atoms with Gasteiger partial charge in [-0.3, -0.25) is 4.79 Å². The molecule has 176 valence electrons. The second-order valence-electron chi connectivity index (χ2n) is 7.75. The van der Waals surface area contributed by atoms with Crippen LogP contribution in [0.4, 0.5) is 14.5 Å². The minimum absolute atomic E-state index is 0.0281. The van der Waals surface area contributed by atoms with Crippen molar-refractivity contribution in [2.45, 2.75) is 38.6 Å². The smallest absolute Gasteiger partial charge is 0.234 e. The van der Waals surface area contributed by atoms with E-state index in [1.54, 1.807) is 13.2 Å². The molecule has 1 aromatic heterocycles. The number of amides is 1. The van der Waals surface area contributed by atoms with Crippen LogP contribution in [0.3, 0.4) is 0 Å². The van der Waals surface area contributed by atoms with Crippen LogP contribution in [0.1, 0.15) is 32.7 Å². The van der Waals surface area contributed by atoms with E-state index < -0.39 is 17.7 Å². The van der Waals surface area contributed by atoms with Crippen LogP contribution in [0, 0.1) is 17.6 Å². The molecule has 0 saturated heterocycles. The third-order valence-electron chi connectivity index (χ3n) is 4.55. The number of nitrogens with zero attached hydrogens (tertiary/aromatic N) is 3. The number of halogens is 2. The van der Waals surface area contributed by atoms with E-state index in [1.165, 1.54) is 17.8 Å². The minimum atomic E-state index is -1.02. The summed E-state index contributed by atoms with van der Waals surface area (Å²) in [5, 5.41) is 11.7. The number of methoxy groups -OCH3 is 1. The average Bonchev–Trinajstić information content (AvgIpc) is 3.17. The SMILES string of the molecule is COc1cccc(OC(C)c2nnc(SCC(=O)Nc3ccc(F)c(F)c3)n2CC(C)C)c1. The van der Waals surface area contributed by atoms with Crippen LogP contribution in [0.2, 0.25) is 0 Å². The molecule has 3 rings (SSSR count). The van der Waals surface area contributed by atoms with Crippen LogP contribution < -0.4 is 14.8 Å². The zero-order valence-electron chi connectivity index (χ0n) is 18.8. The van der Waals surface area contributed by atoms with Crippen LogP contribution in [-0.4, -0.2) is 33.5 Å². The lowest BCUT2D eigenvalue weighted by Crippen LogP contribution is -2.17. The zero-order chi connectivity index (χ0) is 24.0. The first-order valence-corrected chi connectivity index (χ1v) is 11.4. The maximum Gasteiger partial charge on any atom is 0.234 e. The molecule has 10 heteroatoms. The molecule has 0 aliphatic rings. The van der Waals surface area contributed by atoms with Crippen LogP contribution in [0.25, 0.3) is 0 Å². The first-order valence-electron chi connectivity index (χ1n) is 10.4. The van der Waals surface area contributed by atoms with Gasteiger partial charge in [0.1, 0.15) is 11.5 Å². The Bertz CT molecular complexity index is 1110. The fourth-order valence-electron chi connectivity index (χ4n) is 3.08. The van der Waals surface area contributed by atoms with Crippen molar-refractivity contribution in [1.29, 1.82) is 0 Å². The van der Waals surface area contributed by atoms with Gasteiger partial charge in [-0.2, -0.15) is 0 Å². The fourth-order valence-corrected chi connectivity index (χ4v) is 3.83. The maximum absolute atomic E-state index is 13.4. The second kappa shape index (κ2) is 11.1. The number of hydrogen-bond acceptors (Lipinski definition) is 6. The molecule has 0 radical (unpaired) electrons. The number of anilines is 1. The molecule has 1 amide bonds. The van der Waals surface area contributed by atoms with Crippen LogP contribution in [-0.2, 0) is 11.3 Å². The molecule has 3 aromatic rings. The molecule has 0 aliphatic heterocycles. The number of ether oxygens (including phenoxy) is 2. The Morgan fingerprint density at radius 1 is 1.09 bits per heavy atom. The topological polar surface area (TPSA) is 78.3 Å². The van der Waals surface area contributed by atoms with E-state index in [9.17, 15) is 13.6 Å². The summed E-state index contributed by atoms with van der Waals surface area (Å²) in [5.74, 6) is -0.0663. The number of rotatable bonds is 10. The highest BCUT2D eigenvalue weighted by Crippen LogP contribution is 2.27. The maximum atomic E-state index is 13.4. The summed E-state index contributed by atoms with van der Waals surface area (Å²) in [4.78, 5) is 12.3. The van der Waals surface area contributed by atoms with Gasteiger partial charge in [-0.15, -0.1) is 10.2 Å². The fraction of sp³-hybridized carbons (Fsp3) is 0.348. The van der Waals surface area contributed by atoms with Crippen molar-refractivity contribution < 1.29 is 23.0 Å². The minimum Gasteiger partial charge on any atom is -0.497 e. The number of nitrogens with one attached hydrogen (secondary N) is 1. The number of carbonyl (C=O) groups excluding carboxylic acids is 1. The van der Waals surface area contributed by atoms with Crippen LogP contribution in [0.5, 0.6) is 11.5 Å². The molecule has 2 aromatic carbocycles. The van der Waals surface area contributed by atoms with Crippen LogP contribution in [0.15, 0.2) is 47.6 Å². The van der Waals surface area contributed by atoms with Gasteiger partial charge in [0.25, 0.3) is 0 Å². The van der Waals surface area contributed by atoms with Gasteiger partial charge in [0.05, 0.1) is 12.9 Å². The molecule has 1 atom stereocenters. The van der Waals surface area contributed by atoms with Crippen molar-refractivity contribution >= 4 is 23.4 Å². The molecule has 0 saturated carbocycles. The molecule has 7 nitrogen and oxygen atoms in total. The van der Waals surface area contributed by atoms with Crippen molar-refractivity contribution in [2.75, 3.05) is 18.2 Å². The molecule has 0 spiro atoms. The number of benzene rings is 2. The van der Waals surface area contributed by atoms with E-state index in [1.807, 2.05) is 29.7 Å². The summed E-state index contributed by atoms with van der Waals surface area (Å²) < 4.78 is 39.7. The Morgan fingerprint density at radius 2 is 1.85 bits per heavy atom. The number of thioether (sulfide) groups is 1. The number of carbonyl (C=O) groups is 1. The third-order valence-corrected chi connectivity index (χ3v) is 5.51. The van der Waals surface area contributed by atoms with E-state index in [0.29, 0.717) is 34.9 Å². The predicted octanol–water partition coefficient (Wildman–Crippen LogP) is 5.09. The Morgan fingerprint density at radius 3 is 2.55 bits per heavy atom. The first-order chi connectivity index (χ1) is 15.8. The van der Waals surface area contributed by atoms with Gasteiger partial charge in [-0.05, 0) is 37.1 Å². The lowest BCUT2D eigenvalue weighted by Gasteiger charge is -2.18. The summed E-state index contributed by atoms with van der Waals surface area (Å²) in [7, 11) is 1.59. The van der Waals surface area contributed by atoms with E-state index in [-0.39, 0.29) is 17.3 Å². The van der Waals surface area contributed by atoms with Gasteiger partial charge in [0.2, 0.25) is 5.91 Å². The normalized spacial score (nSPS) is 12.0. The highest BCUT2D eigenvalue weighted by atomic mass is 32.2. The van der Waals surface area contributed by atoms with Gasteiger partial charge in [0, 0.05) is 24.4 Å². The van der Waals surface area contributed by atoms with Gasteiger partial charge < -0.3 is 19.4 Å². The molecular weight excluding hydrogens is 450 g/mol. The monoisotopic (exact) mass is 476 g/mol. The first kappa shape index (κ1) is 24.5. The van der Waals surface area contributed by atoms with Gasteiger partial charge in [-0.1, -0.05) is 31.7 Å². The Balaban J connectivity index is 1.70. The summed E-state index contributed by atoms with van der Waals surface area (Å²) >= 11 is 1.21. The van der Waals surface area contributed by atoms with E-state index in [0.717, 1.165) is 12.1 Å². The Kier molecular flexibility index (Phi) is 8.26. The van der Waals surface area contributed by atoms with Crippen molar-refractivity contribution in [1.82, 2.24) is 14.8 Å². The third kappa shape index (κ3) is 6.67. The Labute approximate surface area is 195 Å². The predicted molar refractivity (Wildman–Crippen MR) is 123 cm³/mol. The van der Waals surface area contributed by atoms with Crippen molar-refractivity contribution in [2.24, 2.45) is 5.92 Å². The zero-order valence-corrected chi connectivity index (χ0v) is 19.7. The highest BCUT2D eigenvalue weighted by Gasteiger charge is 2.21.